The number of rotatable bonds is 4. The number of thioether (sulfide) groups is 1. The molecule has 0 radical (unpaired) electrons. The third kappa shape index (κ3) is 4.01. The minimum Gasteiger partial charge on any atom is -0.347 e. The first kappa shape index (κ1) is 18.7. The van der Waals surface area contributed by atoms with Gasteiger partial charge in [-0.3, -0.25) is 14.5 Å². The highest BCUT2D eigenvalue weighted by atomic mass is 32.2. The van der Waals surface area contributed by atoms with E-state index in [0.717, 1.165) is 17.3 Å². The van der Waals surface area contributed by atoms with E-state index >= 15 is 0 Å². The zero-order valence-electron chi connectivity index (χ0n) is 14.5. The maximum Gasteiger partial charge on any atom is 0.264 e. The molecule has 1 N–H and O–H groups in total. The van der Waals surface area contributed by atoms with Crippen LogP contribution in [0.5, 0.6) is 0 Å². The number of anilines is 1. The maximum absolute atomic E-state index is 13.2. The van der Waals surface area contributed by atoms with E-state index in [1.165, 1.54) is 29.2 Å². The molecule has 1 aliphatic rings. The predicted octanol–water partition coefficient (Wildman–Crippen LogP) is 3.35. The monoisotopic (exact) mass is 381 g/mol. The summed E-state index contributed by atoms with van der Waals surface area (Å²) in [6.45, 7) is 1.97. The summed E-state index contributed by atoms with van der Waals surface area (Å²) in [5.74, 6) is -1.25. The quantitative estimate of drug-likeness (QED) is 0.651. The van der Waals surface area contributed by atoms with Crippen molar-refractivity contribution in [1.82, 2.24) is 5.32 Å². The number of carbonyl (C=O) groups excluding carboxylic acids is 2. The van der Waals surface area contributed by atoms with Crippen LogP contribution in [-0.4, -0.2) is 17.1 Å². The van der Waals surface area contributed by atoms with Gasteiger partial charge in [0, 0.05) is 12.2 Å². The van der Waals surface area contributed by atoms with E-state index in [2.05, 4.69) is 5.32 Å². The van der Waals surface area contributed by atoms with Crippen LogP contribution in [0.4, 0.5) is 10.1 Å². The number of nitrogens with one attached hydrogen (secondary N) is 1. The molecule has 0 aromatic heterocycles. The van der Waals surface area contributed by atoms with Crippen molar-refractivity contribution in [2.45, 2.75) is 18.7 Å². The third-order valence-electron chi connectivity index (χ3n) is 3.99. The van der Waals surface area contributed by atoms with E-state index in [9.17, 15) is 19.2 Å². The molecular weight excluding hydrogens is 365 g/mol. The molecule has 0 bridgehead atoms. The molecule has 7 heteroatoms. The predicted molar refractivity (Wildman–Crippen MR) is 102 cm³/mol. The lowest BCUT2D eigenvalue weighted by molar-refractivity contribution is -0.117. The molecule has 2 amide bonds. The van der Waals surface area contributed by atoms with E-state index in [0.29, 0.717) is 5.69 Å². The van der Waals surface area contributed by atoms with E-state index in [1.807, 2.05) is 36.4 Å². The molecule has 1 atom stereocenters. The summed E-state index contributed by atoms with van der Waals surface area (Å²) in [5, 5.41) is 12.1. The molecule has 0 aliphatic carbocycles. The zero-order chi connectivity index (χ0) is 19.4. The molecule has 1 fully saturated rings. The maximum atomic E-state index is 13.2. The third-order valence-corrected chi connectivity index (χ3v) is 5.16. The van der Waals surface area contributed by atoms with Crippen molar-refractivity contribution in [2.24, 2.45) is 0 Å². The number of benzene rings is 2. The number of amides is 2. The standard InChI is InChI=1S/C20H16FN3O2S/c1-13-19(26)24(16-9-7-15(21)8-10-16)20(27-13)17(11-22)18(25)23-12-14-5-3-2-4-6-14/h2-10,13H,12H2,1H3,(H,23,25)/b20-17+/t13-/m1/s1. The van der Waals surface area contributed by atoms with Gasteiger partial charge in [-0.05, 0) is 36.8 Å². The van der Waals surface area contributed by atoms with Gasteiger partial charge in [0.25, 0.3) is 5.91 Å². The molecule has 136 valence electrons. The highest BCUT2D eigenvalue weighted by Gasteiger charge is 2.38. The van der Waals surface area contributed by atoms with Crippen molar-refractivity contribution in [3.05, 3.63) is 76.6 Å². The fraction of sp³-hybridized carbons (Fsp3) is 0.150. The lowest BCUT2D eigenvalue weighted by Crippen LogP contribution is -2.30. The number of nitriles is 1. The van der Waals surface area contributed by atoms with Crippen LogP contribution in [0.3, 0.4) is 0 Å². The molecule has 2 aromatic carbocycles. The minimum absolute atomic E-state index is 0.141. The number of halogens is 1. The molecule has 1 saturated heterocycles. The molecule has 0 unspecified atom stereocenters. The fourth-order valence-corrected chi connectivity index (χ4v) is 3.72. The summed E-state index contributed by atoms with van der Waals surface area (Å²) < 4.78 is 13.2. The second-order valence-electron chi connectivity index (χ2n) is 5.87. The lowest BCUT2D eigenvalue weighted by Gasteiger charge is -2.18. The van der Waals surface area contributed by atoms with Crippen molar-refractivity contribution in [2.75, 3.05) is 4.90 Å². The van der Waals surface area contributed by atoms with Gasteiger partial charge < -0.3 is 5.32 Å². The molecule has 2 aromatic rings. The van der Waals surface area contributed by atoms with E-state index in [4.69, 9.17) is 0 Å². The first-order chi connectivity index (χ1) is 13.0. The van der Waals surface area contributed by atoms with Gasteiger partial charge in [-0.25, -0.2) is 4.39 Å². The number of hydrogen-bond donors (Lipinski definition) is 1. The van der Waals surface area contributed by atoms with Crippen molar-refractivity contribution < 1.29 is 14.0 Å². The SMILES string of the molecule is C[C@H]1S/C(=C(\C#N)C(=O)NCc2ccccc2)N(c2ccc(F)cc2)C1=O. The normalized spacial score (nSPS) is 18.2. The summed E-state index contributed by atoms with van der Waals surface area (Å²) in [6.07, 6.45) is 0. The second-order valence-corrected chi connectivity index (χ2v) is 7.20. The number of nitrogens with zero attached hydrogens (tertiary/aromatic N) is 2. The van der Waals surface area contributed by atoms with Crippen LogP contribution in [0.1, 0.15) is 12.5 Å². The molecule has 3 rings (SSSR count). The molecule has 5 nitrogen and oxygen atoms in total. The smallest absolute Gasteiger partial charge is 0.264 e. The van der Waals surface area contributed by atoms with Gasteiger partial charge in [0.1, 0.15) is 22.5 Å². The van der Waals surface area contributed by atoms with Crippen LogP contribution in [-0.2, 0) is 16.1 Å². The highest BCUT2D eigenvalue weighted by molar-refractivity contribution is 8.05. The molecule has 1 aliphatic heterocycles. The summed E-state index contributed by atoms with van der Waals surface area (Å²) >= 11 is 1.14. The van der Waals surface area contributed by atoms with Gasteiger partial charge in [-0.1, -0.05) is 42.1 Å². The summed E-state index contributed by atoms with van der Waals surface area (Å²) in [6, 6.07) is 16.6. The van der Waals surface area contributed by atoms with E-state index in [-0.39, 0.29) is 23.1 Å². The van der Waals surface area contributed by atoms with Crippen molar-refractivity contribution in [1.29, 1.82) is 5.26 Å². The topological polar surface area (TPSA) is 73.2 Å². The minimum atomic E-state index is -0.558. The van der Waals surface area contributed by atoms with Gasteiger partial charge >= 0.3 is 0 Å². The van der Waals surface area contributed by atoms with E-state index < -0.39 is 17.0 Å². The van der Waals surface area contributed by atoms with Crippen LogP contribution in [0, 0.1) is 17.1 Å². The van der Waals surface area contributed by atoms with Crippen LogP contribution in [0.25, 0.3) is 0 Å². The summed E-state index contributed by atoms with van der Waals surface area (Å²) in [7, 11) is 0. The highest BCUT2D eigenvalue weighted by Crippen LogP contribution is 2.40. The van der Waals surface area contributed by atoms with Crippen molar-refractivity contribution in [3.8, 4) is 6.07 Å². The van der Waals surface area contributed by atoms with Crippen LogP contribution < -0.4 is 10.2 Å². The Morgan fingerprint density at radius 3 is 2.52 bits per heavy atom. The Balaban J connectivity index is 1.91. The number of hydrogen-bond acceptors (Lipinski definition) is 4. The summed E-state index contributed by atoms with van der Waals surface area (Å²) in [5.41, 5.74) is 1.17. The Kier molecular flexibility index (Phi) is 5.57. The number of carbonyl (C=O) groups is 2. The van der Waals surface area contributed by atoms with Gasteiger partial charge in [0.2, 0.25) is 5.91 Å². The molecule has 27 heavy (non-hydrogen) atoms. The van der Waals surface area contributed by atoms with Crippen LogP contribution >= 0.6 is 11.8 Å². The van der Waals surface area contributed by atoms with Gasteiger partial charge in [0.15, 0.2) is 0 Å². The molecular formula is C20H16FN3O2S. The molecule has 1 heterocycles. The second kappa shape index (κ2) is 8.06. The summed E-state index contributed by atoms with van der Waals surface area (Å²) in [4.78, 5) is 26.4. The lowest BCUT2D eigenvalue weighted by atomic mass is 10.2. The van der Waals surface area contributed by atoms with Gasteiger partial charge in [0.05, 0.1) is 5.25 Å². The fourth-order valence-electron chi connectivity index (χ4n) is 2.62. The Morgan fingerprint density at radius 1 is 1.22 bits per heavy atom. The average Bonchev–Trinajstić information content (AvgIpc) is 2.97. The Morgan fingerprint density at radius 2 is 1.89 bits per heavy atom. The Hall–Kier alpha value is -3.11. The van der Waals surface area contributed by atoms with Crippen LogP contribution in [0.2, 0.25) is 0 Å². The first-order valence-corrected chi connectivity index (χ1v) is 9.12. The molecule has 0 saturated carbocycles. The van der Waals surface area contributed by atoms with Crippen molar-refractivity contribution in [3.63, 3.8) is 0 Å². The molecule has 0 spiro atoms. The largest absolute Gasteiger partial charge is 0.347 e. The Labute approximate surface area is 160 Å². The van der Waals surface area contributed by atoms with Gasteiger partial charge in [-0.2, -0.15) is 5.26 Å². The first-order valence-electron chi connectivity index (χ1n) is 8.24. The van der Waals surface area contributed by atoms with Gasteiger partial charge in [-0.15, -0.1) is 0 Å². The Bertz CT molecular complexity index is 936. The van der Waals surface area contributed by atoms with Crippen LogP contribution in [0.15, 0.2) is 65.2 Å². The van der Waals surface area contributed by atoms with Crippen molar-refractivity contribution >= 4 is 29.3 Å². The average molecular weight is 381 g/mol. The zero-order valence-corrected chi connectivity index (χ0v) is 15.3. The van der Waals surface area contributed by atoms with E-state index in [1.54, 1.807) is 6.92 Å².